The van der Waals surface area contributed by atoms with E-state index >= 15 is 0 Å². The third-order valence-electron chi connectivity index (χ3n) is 5.44. The number of benzene rings is 2. The van der Waals surface area contributed by atoms with Gasteiger partial charge in [0.25, 0.3) is 5.91 Å². The minimum absolute atomic E-state index is 0.0828. The Morgan fingerprint density at radius 3 is 2.39 bits per heavy atom. The number of aromatic nitrogens is 1. The molecule has 3 aromatic rings. The zero-order valence-electron chi connectivity index (χ0n) is 19.1. The molecule has 0 aliphatic heterocycles. The lowest BCUT2D eigenvalue weighted by molar-refractivity contribution is -0.143. The van der Waals surface area contributed by atoms with Crippen LogP contribution in [0.5, 0.6) is 0 Å². The Labute approximate surface area is 211 Å². The Morgan fingerprint density at radius 1 is 1.14 bits per heavy atom. The number of carbonyl (C=O) groups is 2. The van der Waals surface area contributed by atoms with E-state index in [4.69, 9.17) is 4.74 Å². The monoisotopic (exact) mass is 573 g/mol. The van der Waals surface area contributed by atoms with Crippen molar-refractivity contribution in [2.45, 2.75) is 38.0 Å². The van der Waals surface area contributed by atoms with Gasteiger partial charge in [-0.05, 0) is 52.2 Å². The maximum Gasteiger partial charge on any atom is 0.408 e. The van der Waals surface area contributed by atoms with Crippen molar-refractivity contribution in [3.8, 4) is 0 Å². The van der Waals surface area contributed by atoms with E-state index < -0.39 is 53.0 Å². The number of alkyl halides is 3. The Kier molecular flexibility index (Phi) is 8.49. The standard InChI is InChI=1S/C24H21BrF5N3O3/c1-3-19(24(28,29)30)32-13-10-16(26)20(17(27)11-13)22(34)33-18(23(35)36-2)9-12-6-7-15(25)21-14(12)5-4-8-31-21/h4-8,10-11,18-19,32H,3,9H2,1-2H3,(H,33,34)/t18-,19+/m0/s1. The number of pyridine rings is 1. The SMILES string of the molecule is CC[C@@H](Nc1cc(F)c(C(=O)N[C@@H](Cc2ccc(Br)c3ncccc23)C(=O)OC)c(F)c1)C(F)(F)F. The van der Waals surface area contributed by atoms with Gasteiger partial charge in [0.2, 0.25) is 0 Å². The highest BCUT2D eigenvalue weighted by molar-refractivity contribution is 9.10. The van der Waals surface area contributed by atoms with Crippen molar-refractivity contribution in [2.24, 2.45) is 0 Å². The van der Waals surface area contributed by atoms with E-state index in [0.29, 0.717) is 33.1 Å². The first-order chi connectivity index (χ1) is 17.0. The van der Waals surface area contributed by atoms with Crippen LogP contribution in [0, 0.1) is 11.6 Å². The van der Waals surface area contributed by atoms with Gasteiger partial charge in [0.15, 0.2) is 0 Å². The third kappa shape index (κ3) is 6.10. The second kappa shape index (κ2) is 11.2. The van der Waals surface area contributed by atoms with Crippen LogP contribution in [0.3, 0.4) is 0 Å². The van der Waals surface area contributed by atoms with Crippen LogP contribution in [0.2, 0.25) is 0 Å². The minimum Gasteiger partial charge on any atom is -0.467 e. The van der Waals surface area contributed by atoms with Crippen LogP contribution >= 0.6 is 15.9 Å². The van der Waals surface area contributed by atoms with Gasteiger partial charge in [-0.3, -0.25) is 9.78 Å². The van der Waals surface area contributed by atoms with E-state index in [1.807, 2.05) is 5.32 Å². The zero-order chi connectivity index (χ0) is 26.6. The van der Waals surface area contributed by atoms with Gasteiger partial charge in [0.1, 0.15) is 29.3 Å². The molecule has 2 aromatic carbocycles. The summed E-state index contributed by atoms with van der Waals surface area (Å²) in [6.07, 6.45) is -3.52. The lowest BCUT2D eigenvalue weighted by Gasteiger charge is -2.22. The number of esters is 1. The highest BCUT2D eigenvalue weighted by atomic mass is 79.9. The summed E-state index contributed by atoms with van der Waals surface area (Å²) in [6, 6.07) is 4.67. The van der Waals surface area contributed by atoms with Gasteiger partial charge >= 0.3 is 12.1 Å². The molecule has 0 aliphatic rings. The number of rotatable bonds is 8. The number of carbonyl (C=O) groups excluding carboxylic acids is 2. The van der Waals surface area contributed by atoms with Crippen molar-refractivity contribution in [2.75, 3.05) is 12.4 Å². The van der Waals surface area contributed by atoms with Crippen LogP contribution in [0.15, 0.2) is 47.1 Å². The average molecular weight is 574 g/mol. The molecular weight excluding hydrogens is 553 g/mol. The number of fused-ring (bicyclic) bond motifs is 1. The zero-order valence-corrected chi connectivity index (χ0v) is 20.6. The molecule has 0 radical (unpaired) electrons. The van der Waals surface area contributed by atoms with Gasteiger partial charge in [0.05, 0.1) is 12.6 Å². The summed E-state index contributed by atoms with van der Waals surface area (Å²) in [5.74, 6) is -4.92. The number of anilines is 1. The molecule has 3 rings (SSSR count). The van der Waals surface area contributed by atoms with Crippen LogP contribution in [0.1, 0.15) is 29.3 Å². The van der Waals surface area contributed by atoms with Crippen LogP contribution in [-0.4, -0.2) is 42.2 Å². The number of ether oxygens (including phenoxy) is 1. The summed E-state index contributed by atoms with van der Waals surface area (Å²) < 4.78 is 73.8. The second-order valence-corrected chi connectivity index (χ2v) is 8.68. The van der Waals surface area contributed by atoms with E-state index in [1.165, 1.54) is 6.92 Å². The fraction of sp³-hybridized carbons (Fsp3) is 0.292. The van der Waals surface area contributed by atoms with Crippen molar-refractivity contribution in [1.29, 1.82) is 0 Å². The molecule has 192 valence electrons. The molecule has 0 bridgehead atoms. The van der Waals surface area contributed by atoms with Crippen LogP contribution < -0.4 is 10.6 Å². The fourth-order valence-electron chi connectivity index (χ4n) is 3.65. The van der Waals surface area contributed by atoms with Gasteiger partial charge in [-0.2, -0.15) is 13.2 Å². The predicted octanol–water partition coefficient (Wildman–Crippen LogP) is 5.54. The lowest BCUT2D eigenvalue weighted by Crippen LogP contribution is -2.43. The molecule has 0 spiro atoms. The number of methoxy groups -OCH3 is 1. The summed E-state index contributed by atoms with van der Waals surface area (Å²) in [5, 5.41) is 4.96. The average Bonchev–Trinajstić information content (AvgIpc) is 2.82. The van der Waals surface area contributed by atoms with Crippen LogP contribution in [-0.2, 0) is 16.0 Å². The summed E-state index contributed by atoms with van der Waals surface area (Å²) in [4.78, 5) is 29.4. The smallest absolute Gasteiger partial charge is 0.408 e. The second-order valence-electron chi connectivity index (χ2n) is 7.82. The van der Waals surface area contributed by atoms with Crippen molar-refractivity contribution in [3.05, 3.63) is 69.8 Å². The number of nitrogens with zero attached hydrogens (tertiary/aromatic N) is 1. The third-order valence-corrected chi connectivity index (χ3v) is 6.08. The number of hydrogen-bond donors (Lipinski definition) is 2. The van der Waals surface area contributed by atoms with Gasteiger partial charge in [0, 0.05) is 28.2 Å². The molecule has 0 saturated heterocycles. The molecule has 1 aromatic heterocycles. The molecular formula is C24H21BrF5N3O3. The highest BCUT2D eigenvalue weighted by Gasteiger charge is 2.38. The molecule has 2 N–H and O–H groups in total. The van der Waals surface area contributed by atoms with Gasteiger partial charge in [-0.15, -0.1) is 0 Å². The van der Waals surface area contributed by atoms with Crippen molar-refractivity contribution < 1.29 is 36.3 Å². The van der Waals surface area contributed by atoms with E-state index in [0.717, 1.165) is 7.11 Å². The normalized spacial score (nSPS) is 13.2. The molecule has 0 unspecified atom stereocenters. The lowest BCUT2D eigenvalue weighted by atomic mass is 10.0. The van der Waals surface area contributed by atoms with Gasteiger partial charge in [-0.25, -0.2) is 13.6 Å². The van der Waals surface area contributed by atoms with E-state index in [9.17, 15) is 31.5 Å². The number of hydrogen-bond acceptors (Lipinski definition) is 5. The fourth-order valence-corrected chi connectivity index (χ4v) is 4.10. The molecule has 0 fully saturated rings. The quantitative estimate of drug-likeness (QED) is 0.273. The van der Waals surface area contributed by atoms with E-state index in [-0.39, 0.29) is 12.8 Å². The molecule has 6 nitrogen and oxygen atoms in total. The van der Waals surface area contributed by atoms with Crippen LogP contribution in [0.25, 0.3) is 10.9 Å². The predicted molar refractivity (Wildman–Crippen MR) is 127 cm³/mol. The summed E-state index contributed by atoms with van der Waals surface area (Å²) in [6.45, 7) is 1.26. The Hall–Kier alpha value is -3.28. The molecule has 0 saturated carbocycles. The number of halogens is 6. The molecule has 1 heterocycles. The summed E-state index contributed by atoms with van der Waals surface area (Å²) in [7, 11) is 1.09. The molecule has 36 heavy (non-hydrogen) atoms. The first kappa shape index (κ1) is 27.3. The molecule has 2 atom stereocenters. The summed E-state index contributed by atoms with van der Waals surface area (Å²) in [5.41, 5.74) is -0.314. The van der Waals surface area contributed by atoms with Crippen molar-refractivity contribution in [3.63, 3.8) is 0 Å². The molecule has 12 heteroatoms. The first-order valence-corrected chi connectivity index (χ1v) is 11.5. The topological polar surface area (TPSA) is 80.3 Å². The van der Waals surface area contributed by atoms with Gasteiger partial charge < -0.3 is 15.4 Å². The largest absolute Gasteiger partial charge is 0.467 e. The first-order valence-electron chi connectivity index (χ1n) is 10.7. The van der Waals surface area contributed by atoms with Crippen molar-refractivity contribution in [1.82, 2.24) is 10.3 Å². The van der Waals surface area contributed by atoms with E-state index in [2.05, 4.69) is 26.2 Å². The van der Waals surface area contributed by atoms with E-state index in [1.54, 1.807) is 30.5 Å². The number of nitrogens with one attached hydrogen (secondary N) is 2. The number of amides is 1. The van der Waals surface area contributed by atoms with Gasteiger partial charge in [-0.1, -0.05) is 19.1 Å². The van der Waals surface area contributed by atoms with Crippen LogP contribution in [0.4, 0.5) is 27.6 Å². The molecule has 0 aliphatic carbocycles. The van der Waals surface area contributed by atoms with Crippen molar-refractivity contribution >= 4 is 44.4 Å². The maximum atomic E-state index is 14.7. The minimum atomic E-state index is -4.64. The Balaban J connectivity index is 1.87. The molecule has 1 amide bonds. The maximum absolute atomic E-state index is 14.7. The highest BCUT2D eigenvalue weighted by Crippen LogP contribution is 2.28. The summed E-state index contributed by atoms with van der Waals surface area (Å²) >= 11 is 3.39. The Bertz CT molecular complexity index is 1260. The Morgan fingerprint density at radius 2 is 1.81 bits per heavy atom.